The van der Waals surface area contributed by atoms with Crippen molar-refractivity contribution >= 4 is 50.5 Å². The highest BCUT2D eigenvalue weighted by Crippen LogP contribution is 2.39. The van der Waals surface area contributed by atoms with Crippen molar-refractivity contribution in [1.29, 1.82) is 0 Å². The van der Waals surface area contributed by atoms with Crippen molar-refractivity contribution in [1.82, 2.24) is 9.21 Å². The zero-order valence-corrected chi connectivity index (χ0v) is 20.8. The standard InChI is InChI=1S/C24H22Cl2N2O3S2/c25-17-3-1-16(2-4-17)24-21-12-14-32-22(21)11-13-27(24)23(29)15-28(19-7-8-19)33(30,31)20-9-5-18(26)6-10-20/h1-6,9-10,12,14,19,24H,7-8,11,13,15H2. The van der Waals surface area contributed by atoms with Crippen molar-refractivity contribution in [3.63, 3.8) is 0 Å². The zero-order chi connectivity index (χ0) is 23.2. The largest absolute Gasteiger partial charge is 0.330 e. The fourth-order valence-electron chi connectivity index (χ4n) is 4.33. The van der Waals surface area contributed by atoms with Gasteiger partial charge in [-0.3, -0.25) is 4.79 Å². The van der Waals surface area contributed by atoms with Crippen LogP contribution in [-0.4, -0.2) is 42.7 Å². The van der Waals surface area contributed by atoms with Gasteiger partial charge in [0.15, 0.2) is 0 Å². The van der Waals surface area contributed by atoms with E-state index in [0.29, 0.717) is 16.6 Å². The number of halogens is 2. The van der Waals surface area contributed by atoms with Crippen molar-refractivity contribution < 1.29 is 13.2 Å². The first-order valence-electron chi connectivity index (χ1n) is 10.7. The average molecular weight is 521 g/mol. The van der Waals surface area contributed by atoms with Crippen LogP contribution in [0.1, 0.15) is 34.9 Å². The third kappa shape index (κ3) is 4.57. The number of rotatable bonds is 6. The van der Waals surface area contributed by atoms with Crippen LogP contribution in [0.3, 0.4) is 0 Å². The Kier molecular flexibility index (Phi) is 6.27. The first kappa shape index (κ1) is 22.9. The molecule has 0 spiro atoms. The summed E-state index contributed by atoms with van der Waals surface area (Å²) in [5, 5.41) is 3.14. The Bertz CT molecular complexity index is 1270. The van der Waals surface area contributed by atoms with E-state index >= 15 is 0 Å². The Hall–Kier alpha value is -1.90. The Morgan fingerprint density at radius 2 is 1.64 bits per heavy atom. The molecule has 1 amide bonds. The Balaban J connectivity index is 1.46. The SMILES string of the molecule is O=C(CN(C1CC1)S(=O)(=O)c1ccc(Cl)cc1)N1CCc2sccc2C1c1ccc(Cl)cc1. The molecule has 0 bridgehead atoms. The molecule has 33 heavy (non-hydrogen) atoms. The molecule has 5 nitrogen and oxygen atoms in total. The maximum atomic E-state index is 13.6. The summed E-state index contributed by atoms with van der Waals surface area (Å²) in [5.41, 5.74) is 2.06. The van der Waals surface area contributed by atoms with Crippen molar-refractivity contribution in [3.8, 4) is 0 Å². The van der Waals surface area contributed by atoms with E-state index in [2.05, 4.69) is 6.07 Å². The van der Waals surface area contributed by atoms with Crippen LogP contribution in [0.25, 0.3) is 0 Å². The van der Waals surface area contributed by atoms with Gasteiger partial charge in [-0.1, -0.05) is 35.3 Å². The van der Waals surface area contributed by atoms with Gasteiger partial charge in [-0.15, -0.1) is 11.3 Å². The molecule has 1 aliphatic heterocycles. The first-order valence-corrected chi connectivity index (χ1v) is 13.8. The third-order valence-corrected chi connectivity index (χ3v) is 9.55. The van der Waals surface area contributed by atoms with E-state index in [0.717, 1.165) is 30.4 Å². The summed E-state index contributed by atoms with van der Waals surface area (Å²) in [5.74, 6) is -0.198. The summed E-state index contributed by atoms with van der Waals surface area (Å²) in [6, 6.07) is 15.3. The van der Waals surface area contributed by atoms with E-state index in [4.69, 9.17) is 23.2 Å². The van der Waals surface area contributed by atoms with Crippen LogP contribution in [0.15, 0.2) is 64.9 Å². The molecule has 2 aromatic carbocycles. The number of carbonyl (C=O) groups excluding carboxylic acids is 1. The molecule has 0 saturated heterocycles. The minimum Gasteiger partial charge on any atom is -0.330 e. The molecule has 3 aromatic rings. The summed E-state index contributed by atoms with van der Waals surface area (Å²) in [7, 11) is -3.81. The van der Waals surface area contributed by atoms with Crippen molar-refractivity contribution in [2.45, 2.75) is 36.2 Å². The molecule has 1 fully saturated rings. The van der Waals surface area contributed by atoms with Gasteiger partial charge in [-0.05, 0) is 78.2 Å². The number of nitrogens with zero attached hydrogens (tertiary/aromatic N) is 2. The number of sulfonamides is 1. The van der Waals surface area contributed by atoms with Crippen molar-refractivity contribution in [3.05, 3.63) is 86.0 Å². The molecular formula is C24H22Cl2N2O3S2. The lowest BCUT2D eigenvalue weighted by Crippen LogP contribution is -2.47. The number of hydrogen-bond acceptors (Lipinski definition) is 4. The van der Waals surface area contributed by atoms with E-state index in [1.807, 2.05) is 34.5 Å². The quantitative estimate of drug-likeness (QED) is 0.438. The van der Waals surface area contributed by atoms with E-state index in [9.17, 15) is 13.2 Å². The maximum absolute atomic E-state index is 13.6. The molecule has 1 unspecified atom stereocenters. The van der Waals surface area contributed by atoms with Crippen LogP contribution in [0.2, 0.25) is 10.0 Å². The fraction of sp³-hybridized carbons (Fsp3) is 0.292. The third-order valence-electron chi connectivity index (χ3n) is 6.14. The predicted molar refractivity (Wildman–Crippen MR) is 131 cm³/mol. The van der Waals surface area contributed by atoms with E-state index in [1.165, 1.54) is 21.3 Å². The van der Waals surface area contributed by atoms with Crippen molar-refractivity contribution in [2.75, 3.05) is 13.1 Å². The fourth-order valence-corrected chi connectivity index (χ4v) is 7.12. The number of benzene rings is 2. The monoisotopic (exact) mass is 520 g/mol. The number of amides is 1. The second-order valence-corrected chi connectivity index (χ2v) is 12.1. The van der Waals surface area contributed by atoms with Gasteiger partial charge in [0.1, 0.15) is 0 Å². The normalized spacial score (nSPS) is 18.4. The number of fused-ring (bicyclic) bond motifs is 1. The molecule has 172 valence electrons. The van der Waals surface area contributed by atoms with E-state index in [-0.39, 0.29) is 29.4 Å². The summed E-state index contributed by atoms with van der Waals surface area (Å²) in [6.07, 6.45) is 2.28. The van der Waals surface area contributed by atoms with Gasteiger partial charge in [0.25, 0.3) is 0 Å². The second-order valence-electron chi connectivity index (χ2n) is 8.33. The van der Waals surface area contributed by atoms with Crippen molar-refractivity contribution in [2.24, 2.45) is 0 Å². The molecule has 0 radical (unpaired) electrons. The van der Waals surface area contributed by atoms with Crippen LogP contribution in [0.5, 0.6) is 0 Å². The minimum atomic E-state index is -3.81. The molecule has 9 heteroatoms. The van der Waals surface area contributed by atoms with Crippen LogP contribution in [-0.2, 0) is 21.2 Å². The lowest BCUT2D eigenvalue weighted by Gasteiger charge is -2.37. The van der Waals surface area contributed by atoms with E-state index < -0.39 is 10.0 Å². The summed E-state index contributed by atoms with van der Waals surface area (Å²) in [4.78, 5) is 16.9. The maximum Gasteiger partial charge on any atom is 0.243 e. The number of thiophene rings is 1. The highest BCUT2D eigenvalue weighted by molar-refractivity contribution is 7.89. The smallest absolute Gasteiger partial charge is 0.243 e. The highest BCUT2D eigenvalue weighted by Gasteiger charge is 2.41. The van der Waals surface area contributed by atoms with Gasteiger partial charge in [-0.2, -0.15) is 4.31 Å². The Morgan fingerprint density at radius 1 is 1.00 bits per heavy atom. The second kappa shape index (κ2) is 9.04. The summed E-state index contributed by atoms with van der Waals surface area (Å²) < 4.78 is 28.1. The van der Waals surface area contributed by atoms with Gasteiger partial charge in [0, 0.05) is 27.5 Å². The lowest BCUT2D eigenvalue weighted by molar-refractivity contribution is -0.133. The van der Waals surface area contributed by atoms with Gasteiger partial charge in [-0.25, -0.2) is 8.42 Å². The predicted octanol–water partition coefficient (Wildman–Crippen LogP) is 5.38. The highest BCUT2D eigenvalue weighted by atomic mass is 35.5. The molecule has 2 heterocycles. The van der Waals surface area contributed by atoms with Gasteiger partial charge >= 0.3 is 0 Å². The Morgan fingerprint density at radius 3 is 2.27 bits per heavy atom. The van der Waals surface area contributed by atoms with Crippen LogP contribution in [0.4, 0.5) is 0 Å². The summed E-state index contributed by atoms with van der Waals surface area (Å²) in [6.45, 7) is 0.359. The molecule has 1 saturated carbocycles. The Labute approximate surface area is 207 Å². The molecule has 2 aliphatic rings. The molecule has 1 aromatic heterocycles. The van der Waals surface area contributed by atoms with Gasteiger partial charge < -0.3 is 4.90 Å². The van der Waals surface area contributed by atoms with E-state index in [1.54, 1.807) is 23.5 Å². The number of carbonyl (C=O) groups is 1. The molecular weight excluding hydrogens is 499 g/mol. The molecule has 1 atom stereocenters. The van der Waals surface area contributed by atoms with Crippen LogP contribution in [0, 0.1) is 0 Å². The molecule has 5 rings (SSSR count). The zero-order valence-electron chi connectivity index (χ0n) is 17.7. The van der Waals surface area contributed by atoms with Crippen LogP contribution >= 0.6 is 34.5 Å². The lowest BCUT2D eigenvalue weighted by atomic mass is 9.93. The average Bonchev–Trinajstić information content (AvgIpc) is 3.53. The van der Waals surface area contributed by atoms with Gasteiger partial charge in [0.2, 0.25) is 15.9 Å². The molecule has 0 N–H and O–H groups in total. The first-order chi connectivity index (χ1) is 15.8. The number of hydrogen-bond donors (Lipinski definition) is 0. The summed E-state index contributed by atoms with van der Waals surface area (Å²) >= 11 is 13.7. The molecule has 1 aliphatic carbocycles. The van der Waals surface area contributed by atoms with Gasteiger partial charge in [0.05, 0.1) is 17.5 Å². The topological polar surface area (TPSA) is 57.7 Å². The minimum absolute atomic E-state index is 0.148. The van der Waals surface area contributed by atoms with Crippen LogP contribution < -0.4 is 0 Å².